The molecule has 3 rings (SSSR count). The molecule has 2 aromatic carbocycles. The molecule has 37 heavy (non-hydrogen) atoms. The molecule has 1 aromatic heterocycles. The van der Waals surface area contributed by atoms with Crippen LogP contribution in [0, 0.1) is 11.8 Å². The van der Waals surface area contributed by atoms with E-state index < -0.39 is 11.7 Å². The van der Waals surface area contributed by atoms with Crippen molar-refractivity contribution in [2.45, 2.75) is 58.5 Å². The van der Waals surface area contributed by atoms with E-state index in [0.29, 0.717) is 66.6 Å². The molecule has 0 aliphatic rings. The van der Waals surface area contributed by atoms with Crippen LogP contribution in [0.15, 0.2) is 53.3 Å². The molecule has 8 nitrogen and oxygen atoms in total. The Labute approximate surface area is 217 Å². The van der Waals surface area contributed by atoms with E-state index in [1.54, 1.807) is 16.7 Å². The molecule has 1 heterocycles. The quantitative estimate of drug-likeness (QED) is 0.275. The van der Waals surface area contributed by atoms with Crippen LogP contribution in [0.2, 0.25) is 0 Å². The number of hydrogen-bond acceptors (Lipinski definition) is 6. The Kier molecular flexibility index (Phi) is 9.45. The number of para-hydroxylation sites is 1. The number of nitrogens with zero attached hydrogens (tertiary/aromatic N) is 2. The first-order valence-electron chi connectivity index (χ1n) is 12.3. The van der Waals surface area contributed by atoms with Crippen LogP contribution in [0.1, 0.15) is 57.8 Å². The lowest BCUT2D eigenvalue weighted by Gasteiger charge is -2.19. The minimum absolute atomic E-state index is 0.203. The molecule has 194 valence electrons. The van der Waals surface area contributed by atoms with E-state index in [1.807, 2.05) is 57.2 Å². The van der Waals surface area contributed by atoms with E-state index >= 15 is 0 Å². The average molecular weight is 504 g/mol. The minimum atomic E-state index is -0.570. The summed E-state index contributed by atoms with van der Waals surface area (Å²) in [5.41, 5.74) is 1.09. The van der Waals surface area contributed by atoms with Gasteiger partial charge in [-0.05, 0) is 57.9 Å². The molecule has 1 amide bonds. The van der Waals surface area contributed by atoms with Crippen molar-refractivity contribution < 1.29 is 19.1 Å². The summed E-state index contributed by atoms with van der Waals surface area (Å²) >= 11 is 0. The van der Waals surface area contributed by atoms with Crippen LogP contribution >= 0.6 is 0 Å². The lowest BCUT2D eigenvalue weighted by molar-refractivity contribution is -0.140. The highest BCUT2D eigenvalue weighted by Gasteiger charge is 2.17. The third-order valence-electron chi connectivity index (χ3n) is 5.36. The first-order valence-corrected chi connectivity index (χ1v) is 12.3. The summed E-state index contributed by atoms with van der Waals surface area (Å²) in [5, 5.41) is 3.20. The molecule has 0 radical (unpaired) electrons. The Bertz CT molecular complexity index is 1360. The highest BCUT2D eigenvalue weighted by Crippen LogP contribution is 2.17. The molecule has 1 N–H and O–H groups in total. The van der Waals surface area contributed by atoms with Crippen molar-refractivity contribution in [3.8, 4) is 17.5 Å². The van der Waals surface area contributed by atoms with Crippen LogP contribution in [0.3, 0.4) is 0 Å². The van der Waals surface area contributed by atoms with E-state index in [2.05, 4.69) is 21.9 Å². The summed E-state index contributed by atoms with van der Waals surface area (Å²) in [6, 6.07) is 14.8. The Hall–Kier alpha value is -4.12. The van der Waals surface area contributed by atoms with Gasteiger partial charge in [-0.15, -0.1) is 0 Å². The van der Waals surface area contributed by atoms with Gasteiger partial charge in [0.05, 0.1) is 23.7 Å². The molecule has 3 aromatic rings. The second kappa shape index (κ2) is 12.7. The number of fused-ring (bicyclic) bond motifs is 1. The fourth-order valence-electron chi connectivity index (χ4n) is 3.72. The molecule has 0 saturated carbocycles. The molecule has 8 heteroatoms. The Morgan fingerprint density at radius 3 is 2.51 bits per heavy atom. The summed E-state index contributed by atoms with van der Waals surface area (Å²) in [7, 11) is 1.36. The molecular weight excluding hydrogens is 470 g/mol. The summed E-state index contributed by atoms with van der Waals surface area (Å²) in [6.45, 7) is 5.82. The number of aryl methyl sites for hydroxylation is 1. The molecular formula is C29H33N3O5. The number of carbonyl (C=O) groups is 2. The Balaban J connectivity index is 1.89. The molecule has 0 fully saturated rings. The van der Waals surface area contributed by atoms with Crippen molar-refractivity contribution in [3.63, 3.8) is 0 Å². The van der Waals surface area contributed by atoms with Crippen molar-refractivity contribution in [3.05, 3.63) is 70.3 Å². The van der Waals surface area contributed by atoms with Crippen LogP contribution in [0.5, 0.6) is 0 Å². The first-order chi connectivity index (χ1) is 17.7. The van der Waals surface area contributed by atoms with Gasteiger partial charge in [-0.2, -0.15) is 0 Å². The van der Waals surface area contributed by atoms with Gasteiger partial charge >= 0.3 is 12.1 Å². The van der Waals surface area contributed by atoms with Gasteiger partial charge < -0.3 is 14.8 Å². The number of benzene rings is 2. The number of ether oxygens (including phenoxy) is 2. The van der Waals surface area contributed by atoms with Gasteiger partial charge in [0.1, 0.15) is 11.4 Å². The number of amides is 1. The fraction of sp³-hybridized carbons (Fsp3) is 0.379. The van der Waals surface area contributed by atoms with Crippen molar-refractivity contribution in [1.82, 2.24) is 14.9 Å². The fourth-order valence-corrected chi connectivity index (χ4v) is 3.72. The first kappa shape index (κ1) is 27.5. The maximum atomic E-state index is 13.8. The zero-order chi connectivity index (χ0) is 26.8. The molecule has 0 unspecified atom stereocenters. The maximum absolute atomic E-state index is 13.8. The highest BCUT2D eigenvalue weighted by molar-refractivity contribution is 5.84. The maximum Gasteiger partial charge on any atom is 0.407 e. The number of unbranched alkanes of at least 4 members (excludes halogenated alkanes) is 1. The number of rotatable bonds is 8. The van der Waals surface area contributed by atoms with E-state index in [-0.39, 0.29) is 11.5 Å². The van der Waals surface area contributed by atoms with Gasteiger partial charge in [0.15, 0.2) is 0 Å². The Morgan fingerprint density at radius 1 is 1.05 bits per heavy atom. The van der Waals surface area contributed by atoms with Gasteiger partial charge in [-0.1, -0.05) is 36.1 Å². The summed E-state index contributed by atoms with van der Waals surface area (Å²) < 4.78 is 11.5. The zero-order valence-electron chi connectivity index (χ0n) is 21.8. The summed E-state index contributed by atoms with van der Waals surface area (Å²) in [6.07, 6.45) is 1.96. The zero-order valence-corrected chi connectivity index (χ0v) is 21.8. The third kappa shape index (κ3) is 7.94. The summed E-state index contributed by atoms with van der Waals surface area (Å²) in [4.78, 5) is 41.9. The van der Waals surface area contributed by atoms with E-state index in [4.69, 9.17) is 9.72 Å². The lowest BCUT2D eigenvalue weighted by Crippen LogP contribution is -2.33. The molecule has 0 aliphatic heterocycles. The standard InChI is InChI=1S/C29H33N3O5/c1-29(2,3)37-28(35)30-20-12-18-24-31-23-17-11-14-21(13-7-5-10-19-25(33)36-4)26(23)27(34)32(24)22-15-8-6-9-16-22/h6,8-9,11,14-17H,5,10,12,18-20H2,1-4H3,(H,30,35). The largest absolute Gasteiger partial charge is 0.469 e. The minimum Gasteiger partial charge on any atom is -0.469 e. The normalized spacial score (nSPS) is 10.9. The van der Waals surface area contributed by atoms with Gasteiger partial charge in [-0.25, -0.2) is 9.78 Å². The number of esters is 1. The third-order valence-corrected chi connectivity index (χ3v) is 5.36. The second-order valence-electron chi connectivity index (χ2n) is 9.47. The SMILES string of the molecule is COC(=O)CCCC#Cc1cccc2nc(CCCNC(=O)OC(C)(C)C)n(-c3ccccc3)c(=O)c12. The van der Waals surface area contributed by atoms with Gasteiger partial charge in [0.25, 0.3) is 5.56 Å². The van der Waals surface area contributed by atoms with E-state index in [0.717, 1.165) is 0 Å². The lowest BCUT2D eigenvalue weighted by atomic mass is 10.1. The van der Waals surface area contributed by atoms with Crippen molar-refractivity contribution in [2.24, 2.45) is 0 Å². The average Bonchev–Trinajstić information content (AvgIpc) is 2.85. The number of alkyl carbamates (subject to hydrolysis) is 1. The topological polar surface area (TPSA) is 99.5 Å². The van der Waals surface area contributed by atoms with Gasteiger partial charge in [0.2, 0.25) is 0 Å². The Morgan fingerprint density at radius 2 is 1.81 bits per heavy atom. The smallest absolute Gasteiger partial charge is 0.407 e. The molecule has 0 aliphatic carbocycles. The second-order valence-corrected chi connectivity index (χ2v) is 9.47. The van der Waals surface area contributed by atoms with E-state index in [1.165, 1.54) is 7.11 Å². The number of nitrogens with one attached hydrogen (secondary N) is 1. The monoisotopic (exact) mass is 503 g/mol. The molecule has 0 spiro atoms. The van der Waals surface area contributed by atoms with Crippen LogP contribution in [-0.4, -0.2) is 40.9 Å². The van der Waals surface area contributed by atoms with Gasteiger partial charge in [0, 0.05) is 31.4 Å². The number of aromatic nitrogens is 2. The predicted octanol–water partition coefficient (Wildman–Crippen LogP) is 4.54. The van der Waals surface area contributed by atoms with Crippen LogP contribution in [-0.2, 0) is 20.7 Å². The highest BCUT2D eigenvalue weighted by atomic mass is 16.6. The molecule has 0 atom stereocenters. The number of methoxy groups -OCH3 is 1. The summed E-state index contributed by atoms with van der Waals surface area (Å²) in [5.74, 6) is 6.47. The predicted molar refractivity (Wildman–Crippen MR) is 143 cm³/mol. The number of hydrogen-bond donors (Lipinski definition) is 1. The van der Waals surface area contributed by atoms with Crippen LogP contribution in [0.25, 0.3) is 16.6 Å². The van der Waals surface area contributed by atoms with Crippen molar-refractivity contribution in [2.75, 3.05) is 13.7 Å². The van der Waals surface area contributed by atoms with E-state index in [9.17, 15) is 14.4 Å². The van der Waals surface area contributed by atoms with Crippen LogP contribution < -0.4 is 10.9 Å². The van der Waals surface area contributed by atoms with Crippen molar-refractivity contribution in [1.29, 1.82) is 0 Å². The van der Waals surface area contributed by atoms with Crippen LogP contribution in [0.4, 0.5) is 4.79 Å². The van der Waals surface area contributed by atoms with Crippen molar-refractivity contribution >= 4 is 23.0 Å². The molecule has 0 saturated heterocycles. The molecule has 0 bridgehead atoms. The van der Waals surface area contributed by atoms with Gasteiger partial charge in [-0.3, -0.25) is 14.2 Å². The number of carbonyl (C=O) groups excluding carboxylic acids is 2.